The number of rotatable bonds is 7. The van der Waals surface area contributed by atoms with Crippen molar-refractivity contribution < 1.29 is 22.3 Å². The second kappa shape index (κ2) is 9.63. The summed E-state index contributed by atoms with van der Waals surface area (Å²) in [5.41, 5.74) is -0.597. The number of amides is 1. The van der Waals surface area contributed by atoms with Crippen LogP contribution in [0.5, 0.6) is 0 Å². The largest absolute Gasteiger partial charge is 0.373 e. The average molecular weight is 546 g/mol. The van der Waals surface area contributed by atoms with Crippen LogP contribution in [0.15, 0.2) is 41.3 Å². The zero-order chi connectivity index (χ0) is 24.7. The van der Waals surface area contributed by atoms with Crippen molar-refractivity contribution in [1.29, 1.82) is 5.26 Å². The first kappa shape index (κ1) is 25.2. The molecular weight excluding hydrogens is 526 g/mol. The molecule has 1 amide bonds. The highest BCUT2D eigenvalue weighted by atomic mass is 35.5. The summed E-state index contributed by atoms with van der Waals surface area (Å²) in [5.74, 6) is -1.95. The number of ether oxygens (including phenoxy) is 1. The molecule has 1 N–H and O–H groups in total. The van der Waals surface area contributed by atoms with E-state index in [4.69, 9.17) is 39.5 Å². The van der Waals surface area contributed by atoms with Crippen molar-refractivity contribution in [2.75, 3.05) is 0 Å². The van der Waals surface area contributed by atoms with Gasteiger partial charge in [-0.2, -0.15) is 5.26 Å². The van der Waals surface area contributed by atoms with Gasteiger partial charge in [0.25, 0.3) is 0 Å². The molecule has 0 radical (unpaired) electrons. The molecule has 2 fully saturated rings. The highest BCUT2D eigenvalue weighted by molar-refractivity contribution is 7.92. The number of nitrogens with one attached hydrogen (secondary N) is 1. The molecule has 2 aliphatic rings. The van der Waals surface area contributed by atoms with Crippen molar-refractivity contribution in [3.63, 3.8) is 0 Å². The molecule has 34 heavy (non-hydrogen) atoms. The third kappa shape index (κ3) is 5.05. The normalized spacial score (nSPS) is 23.3. The lowest BCUT2D eigenvalue weighted by atomic mass is 10.0. The number of sulfone groups is 1. The van der Waals surface area contributed by atoms with Crippen molar-refractivity contribution in [2.24, 2.45) is 5.92 Å². The number of halogens is 4. The van der Waals surface area contributed by atoms with Crippen LogP contribution in [-0.2, 0) is 26.0 Å². The molecule has 0 spiro atoms. The summed E-state index contributed by atoms with van der Waals surface area (Å²) in [7, 11) is -3.87. The van der Waals surface area contributed by atoms with Crippen LogP contribution in [0.4, 0.5) is 4.39 Å². The second-order valence-electron chi connectivity index (χ2n) is 8.57. The Bertz CT molecular complexity index is 1280. The number of nitriles is 1. The predicted molar refractivity (Wildman–Crippen MR) is 126 cm³/mol. The minimum atomic E-state index is -3.87. The van der Waals surface area contributed by atoms with Crippen LogP contribution in [0.1, 0.15) is 31.2 Å². The topological polar surface area (TPSA) is 96.3 Å². The Morgan fingerprint density at radius 2 is 1.85 bits per heavy atom. The quantitative estimate of drug-likeness (QED) is 0.489. The number of carbonyl (C=O) groups is 1. The monoisotopic (exact) mass is 544 g/mol. The van der Waals surface area contributed by atoms with Gasteiger partial charge in [-0.15, -0.1) is 0 Å². The van der Waals surface area contributed by atoms with Crippen LogP contribution in [0, 0.1) is 23.1 Å². The maximum Gasteiger partial charge on any atom is 0.227 e. The smallest absolute Gasteiger partial charge is 0.227 e. The van der Waals surface area contributed by atoms with Crippen molar-refractivity contribution in [3.05, 3.63) is 62.8 Å². The van der Waals surface area contributed by atoms with Crippen molar-refractivity contribution in [2.45, 2.75) is 54.1 Å². The molecule has 2 saturated carbocycles. The molecule has 2 aromatic rings. The van der Waals surface area contributed by atoms with E-state index in [2.05, 4.69) is 11.4 Å². The molecule has 2 aromatic carbocycles. The molecular formula is C23H20Cl3FN2O4S. The summed E-state index contributed by atoms with van der Waals surface area (Å²) in [4.78, 5) is 13.0. The van der Waals surface area contributed by atoms with E-state index >= 15 is 0 Å². The van der Waals surface area contributed by atoms with Crippen LogP contribution in [0.3, 0.4) is 0 Å². The second-order valence-corrected chi connectivity index (χ2v) is 12.0. The lowest BCUT2D eigenvalue weighted by Crippen LogP contribution is -2.42. The molecule has 0 heterocycles. The van der Waals surface area contributed by atoms with Gasteiger partial charge >= 0.3 is 0 Å². The Balaban J connectivity index is 1.58. The van der Waals surface area contributed by atoms with E-state index in [1.165, 1.54) is 18.2 Å². The van der Waals surface area contributed by atoms with Gasteiger partial charge in [0, 0.05) is 5.02 Å². The van der Waals surface area contributed by atoms with Crippen molar-refractivity contribution in [1.82, 2.24) is 5.32 Å². The Morgan fingerprint density at radius 3 is 2.50 bits per heavy atom. The molecule has 0 aromatic heterocycles. The number of nitrogens with zero attached hydrogens (tertiary/aromatic N) is 1. The third-order valence-corrected chi connectivity index (χ3v) is 9.56. The van der Waals surface area contributed by atoms with Crippen LogP contribution in [0.2, 0.25) is 15.1 Å². The lowest BCUT2D eigenvalue weighted by Gasteiger charge is -2.21. The molecule has 4 rings (SSSR count). The fourth-order valence-corrected chi connectivity index (χ4v) is 6.88. The van der Waals surface area contributed by atoms with E-state index in [0.717, 1.165) is 6.07 Å². The fourth-order valence-electron chi connectivity index (χ4n) is 4.11. The predicted octanol–water partition coefficient (Wildman–Crippen LogP) is 5.10. The van der Waals surface area contributed by atoms with Gasteiger partial charge in [0.15, 0.2) is 9.84 Å². The molecule has 0 unspecified atom stereocenters. The van der Waals surface area contributed by atoms with Gasteiger partial charge in [-0.1, -0.05) is 46.9 Å². The first-order chi connectivity index (χ1) is 16.1. The van der Waals surface area contributed by atoms with Gasteiger partial charge in [-0.3, -0.25) is 4.79 Å². The SMILES string of the molecule is N#CC1(NC(=O)[C@H]2C[C@H](S(=O)(=O)c3ccccc3Cl)C[C@@H]2OCc2cc(F)c(Cl)cc2Cl)CC1. The van der Waals surface area contributed by atoms with E-state index in [1.54, 1.807) is 12.1 Å². The highest BCUT2D eigenvalue weighted by Gasteiger charge is 2.50. The molecule has 6 nitrogen and oxygen atoms in total. The van der Waals surface area contributed by atoms with Gasteiger partial charge in [0.2, 0.25) is 5.91 Å². The summed E-state index contributed by atoms with van der Waals surface area (Å²) in [6.07, 6.45) is 0.294. The van der Waals surface area contributed by atoms with Gasteiger partial charge in [-0.05, 0) is 55.5 Å². The van der Waals surface area contributed by atoms with Gasteiger partial charge < -0.3 is 10.1 Å². The van der Waals surface area contributed by atoms with E-state index in [0.29, 0.717) is 18.4 Å². The summed E-state index contributed by atoms with van der Waals surface area (Å²) in [6.45, 7) is -0.149. The van der Waals surface area contributed by atoms with Crippen molar-refractivity contribution in [3.8, 4) is 6.07 Å². The van der Waals surface area contributed by atoms with Gasteiger partial charge in [-0.25, -0.2) is 12.8 Å². The number of carbonyl (C=O) groups excluding carboxylic acids is 1. The number of hydrogen-bond donors (Lipinski definition) is 1. The van der Waals surface area contributed by atoms with Crippen LogP contribution in [0.25, 0.3) is 0 Å². The fraction of sp³-hybridized carbons (Fsp3) is 0.391. The summed E-state index contributed by atoms with van der Waals surface area (Å²) in [5, 5.41) is 11.3. The molecule has 3 atom stereocenters. The Morgan fingerprint density at radius 1 is 1.15 bits per heavy atom. The summed E-state index contributed by atoms with van der Waals surface area (Å²) in [6, 6.07) is 10.6. The molecule has 0 aliphatic heterocycles. The van der Waals surface area contributed by atoms with E-state index < -0.39 is 44.4 Å². The minimum absolute atomic E-state index is 0.00568. The highest BCUT2D eigenvalue weighted by Crippen LogP contribution is 2.40. The lowest BCUT2D eigenvalue weighted by molar-refractivity contribution is -0.130. The zero-order valence-corrected chi connectivity index (χ0v) is 20.8. The molecule has 0 saturated heterocycles. The van der Waals surface area contributed by atoms with E-state index in [9.17, 15) is 22.9 Å². The van der Waals surface area contributed by atoms with E-state index in [-0.39, 0.29) is 39.4 Å². The van der Waals surface area contributed by atoms with Crippen LogP contribution < -0.4 is 5.32 Å². The Hall–Kier alpha value is -1.89. The number of hydrogen-bond acceptors (Lipinski definition) is 5. The summed E-state index contributed by atoms with van der Waals surface area (Å²) < 4.78 is 46.5. The minimum Gasteiger partial charge on any atom is -0.373 e. The van der Waals surface area contributed by atoms with Crippen LogP contribution in [-0.4, -0.2) is 31.2 Å². The Kier molecular flexibility index (Phi) is 7.14. The van der Waals surface area contributed by atoms with Crippen LogP contribution >= 0.6 is 34.8 Å². The Labute approximate surface area is 211 Å². The average Bonchev–Trinajstić information content (AvgIpc) is 3.42. The van der Waals surface area contributed by atoms with Gasteiger partial charge in [0.1, 0.15) is 11.4 Å². The maximum atomic E-state index is 13.9. The molecule has 11 heteroatoms. The number of benzene rings is 2. The van der Waals surface area contributed by atoms with Gasteiger partial charge in [0.05, 0.1) is 44.9 Å². The van der Waals surface area contributed by atoms with Crippen molar-refractivity contribution >= 4 is 50.5 Å². The molecule has 0 bridgehead atoms. The first-order valence-electron chi connectivity index (χ1n) is 10.5. The third-order valence-electron chi connectivity index (χ3n) is 6.25. The summed E-state index contributed by atoms with van der Waals surface area (Å²) >= 11 is 18.0. The standard InChI is InChI=1S/C23H20Cl3FN2O4S/c24-16-3-1-2-4-21(16)34(31,32)14-8-15(22(30)29-23(12-28)5-6-23)20(9-14)33-11-13-7-19(27)18(26)10-17(13)25/h1-4,7,10,14-15,20H,5-6,8-9,11H2,(H,29,30)/t14-,15-,20-/m0/s1. The first-order valence-corrected chi connectivity index (χ1v) is 13.2. The van der Waals surface area contributed by atoms with E-state index in [1.807, 2.05) is 0 Å². The molecule has 180 valence electrons. The zero-order valence-electron chi connectivity index (χ0n) is 17.7. The molecule has 2 aliphatic carbocycles. The maximum absolute atomic E-state index is 13.9.